The fraction of sp³-hybridized carbons (Fsp3) is 0.682. The highest BCUT2D eigenvalue weighted by molar-refractivity contribution is 5.79. The number of nitrogens with zero attached hydrogens (tertiary/aromatic N) is 2. The van der Waals surface area contributed by atoms with E-state index in [1.807, 2.05) is 7.05 Å². The van der Waals surface area contributed by atoms with Crippen LogP contribution in [0.4, 0.5) is 0 Å². The molecule has 0 aliphatic carbocycles. The van der Waals surface area contributed by atoms with Crippen molar-refractivity contribution in [2.75, 3.05) is 40.4 Å². The van der Waals surface area contributed by atoms with Crippen molar-refractivity contribution in [1.29, 1.82) is 0 Å². The lowest BCUT2D eigenvalue weighted by Crippen LogP contribution is -2.48. The number of ether oxygens (including phenoxy) is 1. The minimum atomic E-state index is 0.196. The molecule has 0 radical (unpaired) electrons. The molecule has 1 aliphatic rings. The summed E-state index contributed by atoms with van der Waals surface area (Å²) in [5.74, 6) is 0.896. The third-order valence-corrected chi connectivity index (χ3v) is 5.25. The molecule has 1 fully saturated rings. The first kappa shape index (κ1) is 21.7. The Balaban J connectivity index is 1.73. The number of piperidine rings is 1. The van der Waals surface area contributed by atoms with Crippen LogP contribution in [0.1, 0.15) is 51.2 Å². The standard InChI is InChI=1S/C22H38N4O/c1-22(2,3)19-9-7-18(8-10-19)17-24-21(23-4)25-20-11-14-26(15-12-20)13-6-16-27-5/h7-10,20H,6,11-17H2,1-5H3,(H2,23,24,25). The summed E-state index contributed by atoms with van der Waals surface area (Å²) < 4.78 is 5.14. The third kappa shape index (κ3) is 7.51. The summed E-state index contributed by atoms with van der Waals surface area (Å²) in [5.41, 5.74) is 2.84. The second-order valence-corrected chi connectivity index (χ2v) is 8.48. The lowest BCUT2D eigenvalue weighted by Gasteiger charge is -2.33. The number of likely N-dealkylation sites (tertiary alicyclic amines) is 1. The number of rotatable bonds is 7. The number of hydrogen-bond acceptors (Lipinski definition) is 3. The monoisotopic (exact) mass is 374 g/mol. The molecule has 0 saturated carbocycles. The van der Waals surface area contributed by atoms with Crippen LogP contribution in [0.15, 0.2) is 29.3 Å². The molecule has 2 rings (SSSR count). The largest absolute Gasteiger partial charge is 0.385 e. The number of guanidine groups is 1. The van der Waals surface area contributed by atoms with Crippen molar-refractivity contribution in [2.24, 2.45) is 4.99 Å². The van der Waals surface area contributed by atoms with Crippen molar-refractivity contribution in [3.8, 4) is 0 Å². The molecule has 0 atom stereocenters. The number of methoxy groups -OCH3 is 1. The van der Waals surface area contributed by atoms with Gasteiger partial charge in [-0.2, -0.15) is 0 Å². The summed E-state index contributed by atoms with van der Waals surface area (Å²) in [4.78, 5) is 6.93. The number of hydrogen-bond donors (Lipinski definition) is 2. The van der Waals surface area contributed by atoms with Gasteiger partial charge in [-0.25, -0.2) is 0 Å². The molecule has 1 saturated heterocycles. The van der Waals surface area contributed by atoms with Crippen LogP contribution in [0.25, 0.3) is 0 Å². The lowest BCUT2D eigenvalue weighted by atomic mass is 9.87. The average Bonchev–Trinajstić information content (AvgIpc) is 2.66. The van der Waals surface area contributed by atoms with Crippen LogP contribution in [0.2, 0.25) is 0 Å². The van der Waals surface area contributed by atoms with E-state index in [4.69, 9.17) is 4.74 Å². The van der Waals surface area contributed by atoms with Crippen molar-refractivity contribution in [3.63, 3.8) is 0 Å². The van der Waals surface area contributed by atoms with Crippen LogP contribution in [-0.4, -0.2) is 57.3 Å². The van der Waals surface area contributed by atoms with E-state index in [-0.39, 0.29) is 5.41 Å². The molecule has 5 nitrogen and oxygen atoms in total. The van der Waals surface area contributed by atoms with Gasteiger partial charge in [0, 0.05) is 53.0 Å². The first-order chi connectivity index (χ1) is 12.9. The Morgan fingerprint density at radius 2 is 1.85 bits per heavy atom. The SMILES string of the molecule is CN=C(NCc1ccc(C(C)(C)C)cc1)NC1CCN(CCCOC)CC1. The Labute approximate surface area is 165 Å². The molecule has 0 amide bonds. The fourth-order valence-electron chi connectivity index (χ4n) is 3.43. The van der Waals surface area contributed by atoms with Gasteiger partial charge in [-0.1, -0.05) is 45.0 Å². The van der Waals surface area contributed by atoms with Gasteiger partial charge in [0.1, 0.15) is 0 Å². The van der Waals surface area contributed by atoms with E-state index < -0.39 is 0 Å². The zero-order chi connectivity index (χ0) is 19.7. The maximum absolute atomic E-state index is 5.14. The summed E-state index contributed by atoms with van der Waals surface area (Å²) in [6, 6.07) is 9.37. The smallest absolute Gasteiger partial charge is 0.191 e. The van der Waals surface area contributed by atoms with Crippen LogP contribution in [-0.2, 0) is 16.7 Å². The first-order valence-corrected chi connectivity index (χ1v) is 10.2. The molecular weight excluding hydrogens is 336 g/mol. The second-order valence-electron chi connectivity index (χ2n) is 8.48. The van der Waals surface area contributed by atoms with Crippen molar-refractivity contribution in [1.82, 2.24) is 15.5 Å². The van der Waals surface area contributed by atoms with Gasteiger partial charge in [-0.3, -0.25) is 4.99 Å². The van der Waals surface area contributed by atoms with E-state index in [0.717, 1.165) is 58.0 Å². The molecule has 1 aromatic rings. The van der Waals surface area contributed by atoms with Gasteiger partial charge in [0.25, 0.3) is 0 Å². The van der Waals surface area contributed by atoms with Crippen LogP contribution in [0.3, 0.4) is 0 Å². The Kier molecular flexibility index (Phi) is 8.58. The maximum Gasteiger partial charge on any atom is 0.191 e. The average molecular weight is 375 g/mol. The predicted octanol–water partition coefficient (Wildman–Crippen LogP) is 3.15. The number of nitrogens with one attached hydrogen (secondary N) is 2. The molecule has 1 heterocycles. The molecule has 27 heavy (non-hydrogen) atoms. The highest BCUT2D eigenvalue weighted by Gasteiger charge is 2.19. The van der Waals surface area contributed by atoms with Crippen molar-refractivity contribution in [3.05, 3.63) is 35.4 Å². The van der Waals surface area contributed by atoms with E-state index >= 15 is 0 Å². The van der Waals surface area contributed by atoms with Crippen LogP contribution in [0.5, 0.6) is 0 Å². The van der Waals surface area contributed by atoms with E-state index in [1.165, 1.54) is 11.1 Å². The van der Waals surface area contributed by atoms with Gasteiger partial charge >= 0.3 is 0 Å². The molecule has 0 aromatic heterocycles. The number of aliphatic imine (C=N–C) groups is 1. The van der Waals surface area contributed by atoms with Gasteiger partial charge in [0.15, 0.2) is 5.96 Å². The topological polar surface area (TPSA) is 48.9 Å². The Morgan fingerprint density at radius 1 is 1.19 bits per heavy atom. The van der Waals surface area contributed by atoms with Crippen LogP contribution in [0, 0.1) is 0 Å². The van der Waals surface area contributed by atoms with E-state index in [9.17, 15) is 0 Å². The van der Waals surface area contributed by atoms with Crippen LogP contribution < -0.4 is 10.6 Å². The third-order valence-electron chi connectivity index (χ3n) is 5.25. The number of benzene rings is 1. The van der Waals surface area contributed by atoms with E-state index in [2.05, 4.69) is 65.6 Å². The molecule has 0 spiro atoms. The highest BCUT2D eigenvalue weighted by Crippen LogP contribution is 2.22. The summed E-state index contributed by atoms with van der Waals surface area (Å²) in [7, 11) is 3.62. The van der Waals surface area contributed by atoms with Gasteiger partial charge in [0.05, 0.1) is 0 Å². The summed E-state index contributed by atoms with van der Waals surface area (Å²) >= 11 is 0. The molecule has 1 aromatic carbocycles. The minimum absolute atomic E-state index is 0.196. The Hall–Kier alpha value is -1.59. The van der Waals surface area contributed by atoms with Crippen molar-refractivity contribution >= 4 is 5.96 Å². The highest BCUT2D eigenvalue weighted by atomic mass is 16.5. The first-order valence-electron chi connectivity index (χ1n) is 10.2. The lowest BCUT2D eigenvalue weighted by molar-refractivity contribution is 0.155. The van der Waals surface area contributed by atoms with Crippen molar-refractivity contribution in [2.45, 2.75) is 58.0 Å². The van der Waals surface area contributed by atoms with Gasteiger partial charge in [-0.05, 0) is 35.8 Å². The Morgan fingerprint density at radius 3 is 2.41 bits per heavy atom. The summed E-state index contributed by atoms with van der Waals surface area (Å²) in [6.07, 6.45) is 3.44. The minimum Gasteiger partial charge on any atom is -0.385 e. The summed E-state index contributed by atoms with van der Waals surface area (Å²) in [5, 5.41) is 7.04. The van der Waals surface area contributed by atoms with Crippen molar-refractivity contribution < 1.29 is 4.74 Å². The molecule has 152 valence electrons. The van der Waals surface area contributed by atoms with E-state index in [0.29, 0.717) is 6.04 Å². The summed E-state index contributed by atoms with van der Waals surface area (Å²) in [6.45, 7) is 11.8. The van der Waals surface area contributed by atoms with Gasteiger partial charge in [0.2, 0.25) is 0 Å². The quantitative estimate of drug-likeness (QED) is 0.437. The van der Waals surface area contributed by atoms with Crippen LogP contribution >= 0.6 is 0 Å². The zero-order valence-electron chi connectivity index (χ0n) is 17.8. The molecule has 0 unspecified atom stereocenters. The zero-order valence-corrected chi connectivity index (χ0v) is 17.8. The second kappa shape index (κ2) is 10.7. The van der Waals surface area contributed by atoms with Gasteiger partial charge in [-0.15, -0.1) is 0 Å². The Bertz CT molecular complexity index is 569. The molecule has 1 aliphatic heterocycles. The maximum atomic E-state index is 5.14. The molecule has 5 heteroatoms. The molecule has 2 N–H and O–H groups in total. The molecular formula is C22H38N4O. The predicted molar refractivity (Wildman–Crippen MR) is 114 cm³/mol. The van der Waals surface area contributed by atoms with E-state index in [1.54, 1.807) is 7.11 Å². The van der Waals surface area contributed by atoms with Gasteiger partial charge < -0.3 is 20.3 Å². The fourth-order valence-corrected chi connectivity index (χ4v) is 3.43. The molecule has 0 bridgehead atoms. The normalized spacial score (nSPS) is 17.1.